The number of ether oxygens (including phenoxy) is 1. The molecule has 1 aromatic carbocycles. The molecule has 0 radical (unpaired) electrons. The molecule has 0 aliphatic carbocycles. The molecule has 1 fully saturated rings. The largest absolute Gasteiger partial charge is 0.377 e. The molecule has 3 atom stereocenters. The summed E-state index contributed by atoms with van der Waals surface area (Å²) >= 11 is 0. The van der Waals surface area contributed by atoms with Crippen molar-refractivity contribution in [2.45, 2.75) is 44.1 Å². The fourth-order valence-corrected chi connectivity index (χ4v) is 5.66. The van der Waals surface area contributed by atoms with E-state index in [0.717, 1.165) is 5.56 Å². The average Bonchev–Trinajstić information content (AvgIpc) is 2.86. The van der Waals surface area contributed by atoms with Crippen LogP contribution in [0.25, 0.3) is 0 Å². The predicted molar refractivity (Wildman–Crippen MR) is 78.0 cm³/mol. The molecular formula is C15H20FNO3S. The molecule has 1 aromatic rings. The maximum Gasteiger partial charge on any atom is 0.220 e. The average molecular weight is 313 g/mol. The Morgan fingerprint density at radius 1 is 1.33 bits per heavy atom. The van der Waals surface area contributed by atoms with E-state index in [2.05, 4.69) is 0 Å². The number of fused-ring (bicyclic) bond motifs is 1. The Kier molecular flexibility index (Phi) is 3.80. The van der Waals surface area contributed by atoms with Gasteiger partial charge in [-0.15, -0.1) is 0 Å². The highest BCUT2D eigenvalue weighted by Gasteiger charge is 2.43. The highest BCUT2D eigenvalue weighted by atomic mass is 32.2. The molecule has 0 saturated carbocycles. The Hall–Kier alpha value is -0.980. The molecule has 116 valence electrons. The summed E-state index contributed by atoms with van der Waals surface area (Å²) in [5.41, 5.74) is 1.42. The minimum atomic E-state index is -3.48. The second kappa shape index (κ2) is 5.34. The number of nitrogens with zero attached hydrogens (tertiary/aromatic N) is 1. The lowest BCUT2D eigenvalue weighted by Crippen LogP contribution is -2.46. The smallest absolute Gasteiger partial charge is 0.220 e. The minimum Gasteiger partial charge on any atom is -0.377 e. The molecule has 0 spiro atoms. The van der Waals surface area contributed by atoms with Crippen LogP contribution in [0.4, 0.5) is 4.39 Å². The van der Waals surface area contributed by atoms with Crippen LogP contribution < -0.4 is 0 Å². The minimum absolute atomic E-state index is 0.302. The first-order valence-corrected chi connectivity index (χ1v) is 8.83. The Bertz CT molecular complexity index is 646. The van der Waals surface area contributed by atoms with Crippen molar-refractivity contribution >= 4 is 10.0 Å². The third-order valence-electron chi connectivity index (χ3n) is 4.61. The zero-order chi connectivity index (χ0) is 15.2. The van der Waals surface area contributed by atoms with Gasteiger partial charge in [-0.05, 0) is 38.3 Å². The van der Waals surface area contributed by atoms with Gasteiger partial charge in [-0.25, -0.2) is 12.8 Å². The molecule has 1 saturated heterocycles. The van der Waals surface area contributed by atoms with E-state index in [0.29, 0.717) is 31.6 Å². The predicted octanol–water partition coefficient (Wildman–Crippen LogP) is 2.25. The highest BCUT2D eigenvalue weighted by molar-refractivity contribution is 7.89. The second-order valence-corrected chi connectivity index (χ2v) is 7.90. The molecule has 2 aliphatic heterocycles. The fraction of sp³-hybridized carbons (Fsp3) is 0.600. The van der Waals surface area contributed by atoms with E-state index < -0.39 is 21.3 Å². The van der Waals surface area contributed by atoms with Crippen molar-refractivity contribution in [3.63, 3.8) is 0 Å². The van der Waals surface area contributed by atoms with E-state index in [4.69, 9.17) is 4.74 Å². The molecule has 3 unspecified atom stereocenters. The molecule has 4 nitrogen and oxygen atoms in total. The van der Waals surface area contributed by atoms with Gasteiger partial charge in [-0.1, -0.05) is 12.1 Å². The summed E-state index contributed by atoms with van der Waals surface area (Å²) in [5.74, 6) is -0.323. The van der Waals surface area contributed by atoms with Crippen LogP contribution in [-0.4, -0.2) is 37.2 Å². The molecule has 0 bridgehead atoms. The van der Waals surface area contributed by atoms with Crippen LogP contribution in [0.1, 0.15) is 37.4 Å². The molecular weight excluding hydrogens is 293 g/mol. The Labute approximate surface area is 125 Å². The first kappa shape index (κ1) is 14.9. The zero-order valence-corrected chi connectivity index (χ0v) is 13.1. The summed E-state index contributed by atoms with van der Waals surface area (Å²) in [6.45, 7) is 4.43. The van der Waals surface area contributed by atoms with Gasteiger partial charge < -0.3 is 4.74 Å². The third-order valence-corrected chi connectivity index (χ3v) is 7.15. The Morgan fingerprint density at radius 2 is 2.10 bits per heavy atom. The van der Waals surface area contributed by atoms with E-state index in [1.807, 2.05) is 6.07 Å². The van der Waals surface area contributed by atoms with E-state index in [-0.39, 0.29) is 11.9 Å². The summed E-state index contributed by atoms with van der Waals surface area (Å²) < 4.78 is 46.6. The molecule has 0 N–H and O–H groups in total. The first-order valence-electron chi connectivity index (χ1n) is 7.32. The zero-order valence-electron chi connectivity index (χ0n) is 12.3. The lowest BCUT2D eigenvalue weighted by molar-refractivity contribution is 0.125. The third kappa shape index (κ3) is 2.39. The van der Waals surface area contributed by atoms with E-state index in [1.165, 1.54) is 10.4 Å². The fourth-order valence-electron chi connectivity index (χ4n) is 3.46. The normalized spacial score (nSPS) is 30.3. The molecule has 0 aromatic heterocycles. The van der Waals surface area contributed by atoms with Gasteiger partial charge in [0.2, 0.25) is 10.0 Å². The van der Waals surface area contributed by atoms with Crippen LogP contribution >= 0.6 is 0 Å². The first-order chi connectivity index (χ1) is 9.93. The summed E-state index contributed by atoms with van der Waals surface area (Å²) in [7, 11) is -3.48. The summed E-state index contributed by atoms with van der Waals surface area (Å²) in [5, 5.41) is -0.520. The molecule has 21 heavy (non-hydrogen) atoms. The van der Waals surface area contributed by atoms with Crippen molar-refractivity contribution in [1.82, 2.24) is 4.31 Å². The summed E-state index contributed by atoms with van der Waals surface area (Å²) in [6.07, 6.45) is 0.763. The number of rotatable bonds is 2. The van der Waals surface area contributed by atoms with E-state index >= 15 is 0 Å². The number of hydrogen-bond acceptors (Lipinski definition) is 3. The van der Waals surface area contributed by atoms with Crippen LogP contribution in [0.5, 0.6) is 0 Å². The van der Waals surface area contributed by atoms with Crippen molar-refractivity contribution in [2.75, 3.05) is 13.2 Å². The van der Waals surface area contributed by atoms with Crippen LogP contribution in [0.3, 0.4) is 0 Å². The number of hydrogen-bond donors (Lipinski definition) is 0. The Balaban J connectivity index is 1.96. The lowest BCUT2D eigenvalue weighted by Gasteiger charge is -2.36. The van der Waals surface area contributed by atoms with Gasteiger partial charge in [0.25, 0.3) is 0 Å². The van der Waals surface area contributed by atoms with Crippen LogP contribution in [0, 0.1) is 5.82 Å². The van der Waals surface area contributed by atoms with Gasteiger partial charge in [0, 0.05) is 18.7 Å². The number of sulfonamides is 1. The van der Waals surface area contributed by atoms with Crippen molar-refractivity contribution in [1.29, 1.82) is 0 Å². The quantitative estimate of drug-likeness (QED) is 0.841. The van der Waals surface area contributed by atoms with E-state index in [9.17, 15) is 12.8 Å². The van der Waals surface area contributed by atoms with Gasteiger partial charge in [0.15, 0.2) is 0 Å². The van der Waals surface area contributed by atoms with Gasteiger partial charge in [-0.3, -0.25) is 0 Å². The second-order valence-electron chi connectivity index (χ2n) is 5.80. The SMILES string of the molecule is CC1OCCC1S(=O)(=O)N1CCc2cccc(F)c2C1C. The summed E-state index contributed by atoms with van der Waals surface area (Å²) in [4.78, 5) is 0. The highest BCUT2D eigenvalue weighted by Crippen LogP contribution is 2.36. The summed E-state index contributed by atoms with van der Waals surface area (Å²) in [6, 6.07) is 4.48. The Morgan fingerprint density at radius 3 is 2.76 bits per heavy atom. The monoisotopic (exact) mass is 313 g/mol. The van der Waals surface area contributed by atoms with Crippen molar-refractivity contribution < 1.29 is 17.5 Å². The maximum absolute atomic E-state index is 14.1. The standard InChI is InChI=1S/C15H20FNO3S/c1-10-15-12(4-3-5-13(15)16)6-8-17(10)21(18,19)14-7-9-20-11(14)2/h3-5,10-11,14H,6-9H2,1-2H3. The topological polar surface area (TPSA) is 46.6 Å². The van der Waals surface area contributed by atoms with Gasteiger partial charge in [0.05, 0.1) is 12.1 Å². The number of halogens is 1. The van der Waals surface area contributed by atoms with Crippen molar-refractivity contribution in [3.8, 4) is 0 Å². The van der Waals surface area contributed by atoms with Crippen LogP contribution in [0.15, 0.2) is 18.2 Å². The van der Waals surface area contributed by atoms with Crippen LogP contribution in [0.2, 0.25) is 0 Å². The van der Waals surface area contributed by atoms with Gasteiger partial charge in [0.1, 0.15) is 11.1 Å². The molecule has 2 aliphatic rings. The van der Waals surface area contributed by atoms with Gasteiger partial charge >= 0.3 is 0 Å². The van der Waals surface area contributed by atoms with E-state index in [1.54, 1.807) is 19.9 Å². The number of benzene rings is 1. The molecule has 6 heteroatoms. The maximum atomic E-state index is 14.1. The molecule has 2 heterocycles. The van der Waals surface area contributed by atoms with Crippen LogP contribution in [-0.2, 0) is 21.2 Å². The molecule has 0 amide bonds. The van der Waals surface area contributed by atoms with Crippen molar-refractivity contribution in [2.24, 2.45) is 0 Å². The molecule has 3 rings (SSSR count). The van der Waals surface area contributed by atoms with Gasteiger partial charge in [-0.2, -0.15) is 4.31 Å². The lowest BCUT2D eigenvalue weighted by atomic mass is 9.95. The van der Waals surface area contributed by atoms with Crippen molar-refractivity contribution in [3.05, 3.63) is 35.1 Å².